The zero-order valence-electron chi connectivity index (χ0n) is 18.4. The van der Waals surface area contributed by atoms with E-state index in [1.807, 2.05) is 52.7 Å². The van der Waals surface area contributed by atoms with Gasteiger partial charge in [0.15, 0.2) is 0 Å². The molecule has 1 aromatic heterocycles. The second-order valence-electron chi connectivity index (χ2n) is 6.30. The Kier molecular flexibility index (Phi) is 10.4. The van der Waals surface area contributed by atoms with Crippen molar-refractivity contribution in [1.29, 1.82) is 0 Å². The summed E-state index contributed by atoms with van der Waals surface area (Å²) in [7, 11) is 3.56. The lowest BCUT2D eigenvalue weighted by Gasteiger charge is -2.09. The smallest absolute Gasteiger partial charge is 0.270 e. The summed E-state index contributed by atoms with van der Waals surface area (Å²) in [5.74, 6) is 0.416. The van der Waals surface area contributed by atoms with Crippen molar-refractivity contribution in [2.75, 3.05) is 19.4 Å². The fourth-order valence-electron chi connectivity index (χ4n) is 3.20. The Balaban J connectivity index is 0.000000739. The second kappa shape index (κ2) is 12.5. The number of rotatable bonds is 4. The second-order valence-corrected chi connectivity index (χ2v) is 6.73. The van der Waals surface area contributed by atoms with Gasteiger partial charge in [0, 0.05) is 30.2 Å². The zero-order valence-corrected chi connectivity index (χ0v) is 19.1. The standard InChI is InChI=1S/C19H19ClN4O.C2H6.2CH2O/c1-21-16-10-17-15(9-14(16)11-3-4-11)18(19(25)22-2)24(23-17)13-7-5-12(20)6-8-13;3*1-2/h5-11,21H,3-4H2,1-2H3,(H,22,25);1-2H3;2*1H2. The number of nitrogens with one attached hydrogen (secondary N) is 2. The van der Waals surface area contributed by atoms with Crippen LogP contribution in [-0.4, -0.2) is 43.4 Å². The first kappa shape index (κ1) is 25.8. The van der Waals surface area contributed by atoms with Gasteiger partial charge < -0.3 is 20.2 Å². The number of hydrogen-bond acceptors (Lipinski definition) is 5. The highest BCUT2D eigenvalue weighted by atomic mass is 35.5. The van der Waals surface area contributed by atoms with E-state index in [1.54, 1.807) is 23.9 Å². The van der Waals surface area contributed by atoms with Crippen molar-refractivity contribution < 1.29 is 14.4 Å². The van der Waals surface area contributed by atoms with Crippen LogP contribution >= 0.6 is 11.6 Å². The van der Waals surface area contributed by atoms with Gasteiger partial charge in [-0.15, -0.1) is 0 Å². The minimum atomic E-state index is -0.156. The number of benzene rings is 2. The van der Waals surface area contributed by atoms with Gasteiger partial charge in [-0.2, -0.15) is 5.10 Å². The molecule has 1 aliphatic carbocycles. The third kappa shape index (κ3) is 5.70. The van der Waals surface area contributed by atoms with Gasteiger partial charge in [0.1, 0.15) is 19.3 Å². The van der Waals surface area contributed by atoms with Crippen LogP contribution in [0.3, 0.4) is 0 Å². The first-order valence-corrected chi connectivity index (χ1v) is 10.3. The number of aromatic nitrogens is 2. The van der Waals surface area contributed by atoms with E-state index in [4.69, 9.17) is 21.2 Å². The molecule has 7 nitrogen and oxygen atoms in total. The van der Waals surface area contributed by atoms with Gasteiger partial charge in [-0.1, -0.05) is 25.4 Å². The Labute approximate surface area is 187 Å². The van der Waals surface area contributed by atoms with Crippen molar-refractivity contribution in [1.82, 2.24) is 15.1 Å². The van der Waals surface area contributed by atoms with Gasteiger partial charge in [0.2, 0.25) is 0 Å². The SMILES string of the molecule is C=O.C=O.CC.CNC(=O)c1c2cc(C3CC3)c(NC)cc2nn1-c1ccc(Cl)cc1. The maximum absolute atomic E-state index is 12.6. The number of nitrogens with zero attached hydrogens (tertiary/aromatic N) is 2. The fourth-order valence-corrected chi connectivity index (χ4v) is 3.33. The molecular weight excluding hydrogens is 416 g/mol. The fraction of sp³-hybridized carbons (Fsp3) is 0.304. The van der Waals surface area contributed by atoms with Crippen LogP contribution in [0.4, 0.5) is 5.69 Å². The monoisotopic (exact) mass is 444 g/mol. The summed E-state index contributed by atoms with van der Waals surface area (Å²) in [5.41, 5.74) is 4.49. The molecule has 1 heterocycles. The summed E-state index contributed by atoms with van der Waals surface area (Å²) in [6, 6.07) is 11.5. The highest BCUT2D eigenvalue weighted by Crippen LogP contribution is 2.45. The van der Waals surface area contributed by atoms with Gasteiger partial charge in [-0.25, -0.2) is 4.68 Å². The van der Waals surface area contributed by atoms with Crippen LogP contribution in [0.1, 0.15) is 48.7 Å². The molecule has 2 N–H and O–H groups in total. The van der Waals surface area contributed by atoms with Crippen molar-refractivity contribution in [2.45, 2.75) is 32.6 Å². The molecule has 1 saturated carbocycles. The summed E-state index contributed by atoms with van der Waals surface area (Å²) in [5, 5.41) is 12.2. The molecule has 0 saturated heterocycles. The van der Waals surface area contributed by atoms with Gasteiger partial charge in [-0.3, -0.25) is 4.79 Å². The van der Waals surface area contributed by atoms with E-state index in [2.05, 4.69) is 21.8 Å². The third-order valence-corrected chi connectivity index (χ3v) is 4.89. The number of amides is 1. The first-order valence-electron chi connectivity index (χ1n) is 9.92. The Morgan fingerprint density at radius 3 is 2.13 bits per heavy atom. The van der Waals surface area contributed by atoms with Crippen molar-refractivity contribution in [3.8, 4) is 5.69 Å². The summed E-state index contributed by atoms with van der Waals surface area (Å²) in [4.78, 5) is 28.6. The molecule has 31 heavy (non-hydrogen) atoms. The highest BCUT2D eigenvalue weighted by Gasteiger charge is 2.28. The summed E-state index contributed by atoms with van der Waals surface area (Å²) >= 11 is 5.99. The molecule has 0 bridgehead atoms. The average molecular weight is 445 g/mol. The number of anilines is 1. The largest absolute Gasteiger partial charge is 0.388 e. The van der Waals surface area contributed by atoms with E-state index < -0.39 is 0 Å². The lowest BCUT2D eigenvalue weighted by atomic mass is 10.0. The van der Waals surface area contributed by atoms with Gasteiger partial charge in [-0.05, 0) is 60.7 Å². The summed E-state index contributed by atoms with van der Waals surface area (Å²) < 4.78 is 1.69. The third-order valence-electron chi connectivity index (χ3n) is 4.64. The highest BCUT2D eigenvalue weighted by molar-refractivity contribution is 6.30. The van der Waals surface area contributed by atoms with Crippen LogP contribution < -0.4 is 10.6 Å². The van der Waals surface area contributed by atoms with Crippen molar-refractivity contribution in [2.24, 2.45) is 0 Å². The van der Waals surface area contributed by atoms with E-state index in [0.29, 0.717) is 16.6 Å². The number of halogens is 1. The van der Waals surface area contributed by atoms with Crippen LogP contribution in [0.15, 0.2) is 36.4 Å². The molecule has 2 aromatic carbocycles. The minimum Gasteiger partial charge on any atom is -0.388 e. The predicted molar refractivity (Wildman–Crippen MR) is 127 cm³/mol. The van der Waals surface area contributed by atoms with Crippen LogP contribution in [0, 0.1) is 0 Å². The van der Waals surface area contributed by atoms with Crippen LogP contribution in [0.5, 0.6) is 0 Å². The molecule has 8 heteroatoms. The van der Waals surface area contributed by atoms with Crippen LogP contribution in [0.2, 0.25) is 5.02 Å². The average Bonchev–Trinajstić information content (AvgIpc) is 3.62. The molecule has 0 unspecified atom stereocenters. The molecule has 166 valence electrons. The normalized spacial score (nSPS) is 11.6. The first-order chi connectivity index (χ1) is 15.1. The van der Waals surface area contributed by atoms with E-state index in [9.17, 15) is 4.79 Å². The number of fused-ring (bicyclic) bond motifs is 1. The molecule has 1 amide bonds. The topological polar surface area (TPSA) is 93.1 Å². The Morgan fingerprint density at radius 2 is 1.65 bits per heavy atom. The van der Waals surface area contributed by atoms with E-state index in [0.717, 1.165) is 22.3 Å². The molecule has 0 aliphatic heterocycles. The maximum Gasteiger partial charge on any atom is 0.270 e. The van der Waals surface area contributed by atoms with E-state index >= 15 is 0 Å². The number of carbonyl (C=O) groups excluding carboxylic acids is 3. The molecule has 3 aromatic rings. The summed E-state index contributed by atoms with van der Waals surface area (Å²) in [6.07, 6.45) is 2.39. The number of carbonyl (C=O) groups is 3. The molecule has 0 atom stereocenters. The Hall–Kier alpha value is -3.19. The van der Waals surface area contributed by atoms with Crippen molar-refractivity contribution >= 4 is 47.7 Å². The van der Waals surface area contributed by atoms with Crippen LogP contribution in [0.25, 0.3) is 16.6 Å². The minimum absolute atomic E-state index is 0.156. The zero-order chi connectivity index (χ0) is 23.6. The Morgan fingerprint density at radius 1 is 1.06 bits per heavy atom. The quantitative estimate of drug-likeness (QED) is 0.612. The molecule has 0 radical (unpaired) electrons. The maximum atomic E-state index is 12.6. The molecule has 4 rings (SSSR count). The van der Waals surface area contributed by atoms with E-state index in [-0.39, 0.29) is 5.91 Å². The van der Waals surface area contributed by atoms with Crippen LogP contribution in [-0.2, 0) is 9.59 Å². The van der Waals surface area contributed by atoms with E-state index in [1.165, 1.54) is 18.4 Å². The van der Waals surface area contributed by atoms with Crippen molar-refractivity contribution in [3.63, 3.8) is 0 Å². The lowest BCUT2D eigenvalue weighted by Crippen LogP contribution is -2.21. The summed E-state index contributed by atoms with van der Waals surface area (Å²) in [6.45, 7) is 8.00. The number of hydrogen-bond donors (Lipinski definition) is 2. The Bertz CT molecular complexity index is 996. The molecule has 1 aliphatic rings. The van der Waals surface area contributed by atoms with Gasteiger partial charge in [0.05, 0.1) is 11.2 Å². The lowest BCUT2D eigenvalue weighted by molar-refractivity contribution is -0.0987. The molecular formula is C23H29ClN4O3. The van der Waals surface area contributed by atoms with Crippen molar-refractivity contribution in [3.05, 3.63) is 52.7 Å². The molecule has 0 spiro atoms. The van der Waals surface area contributed by atoms with Gasteiger partial charge in [0.25, 0.3) is 5.91 Å². The predicted octanol–water partition coefficient (Wildman–Crippen LogP) is 4.61. The molecule has 1 fully saturated rings. The van der Waals surface area contributed by atoms with Gasteiger partial charge >= 0.3 is 0 Å².